The highest BCUT2D eigenvalue weighted by molar-refractivity contribution is 5.84. The average Bonchev–Trinajstić information content (AvgIpc) is 2.60. The van der Waals surface area contributed by atoms with Gasteiger partial charge in [-0.3, -0.25) is 9.59 Å². The molecular weight excluding hydrogens is 310 g/mol. The van der Waals surface area contributed by atoms with Gasteiger partial charge in [0.1, 0.15) is 0 Å². The van der Waals surface area contributed by atoms with Crippen LogP contribution in [0.3, 0.4) is 0 Å². The number of ether oxygens (including phenoxy) is 1. The molecule has 0 radical (unpaired) electrons. The van der Waals surface area contributed by atoms with E-state index in [1.165, 1.54) is 6.42 Å². The molecule has 1 saturated carbocycles. The van der Waals surface area contributed by atoms with E-state index in [-0.39, 0.29) is 30.5 Å². The third kappa shape index (κ3) is 4.85. The van der Waals surface area contributed by atoms with Gasteiger partial charge in [0.2, 0.25) is 11.8 Å². The average molecular weight is 339 g/mol. The van der Waals surface area contributed by atoms with Gasteiger partial charge < -0.3 is 19.4 Å². The Labute approximate surface area is 143 Å². The summed E-state index contributed by atoms with van der Waals surface area (Å²) in [7, 11) is 0. The van der Waals surface area contributed by atoms with Crippen LogP contribution in [0.25, 0.3) is 0 Å². The monoisotopic (exact) mass is 339 g/mol. The molecule has 0 unspecified atom stereocenters. The van der Waals surface area contributed by atoms with Crippen molar-refractivity contribution in [3.05, 3.63) is 0 Å². The van der Waals surface area contributed by atoms with Crippen LogP contribution in [0.15, 0.2) is 0 Å². The first kappa shape index (κ1) is 18.5. The second-order valence-electron chi connectivity index (χ2n) is 6.51. The Morgan fingerprint density at radius 1 is 1.00 bits per heavy atom. The van der Waals surface area contributed by atoms with E-state index >= 15 is 0 Å². The van der Waals surface area contributed by atoms with E-state index in [2.05, 4.69) is 0 Å². The molecule has 24 heavy (non-hydrogen) atoms. The molecule has 0 aromatic heterocycles. The smallest absolute Gasteiger partial charge is 0.409 e. The first-order valence-corrected chi connectivity index (χ1v) is 8.99. The summed E-state index contributed by atoms with van der Waals surface area (Å²) in [6, 6.07) is 0.195. The highest BCUT2D eigenvalue weighted by atomic mass is 16.6. The molecule has 2 fully saturated rings. The number of nitrogens with zero attached hydrogens (tertiary/aromatic N) is 3. The fourth-order valence-electron chi connectivity index (χ4n) is 3.49. The zero-order valence-corrected chi connectivity index (χ0v) is 14.8. The molecule has 0 aromatic rings. The van der Waals surface area contributed by atoms with Crippen LogP contribution in [0.1, 0.15) is 46.0 Å². The highest BCUT2D eigenvalue weighted by Crippen LogP contribution is 2.22. The van der Waals surface area contributed by atoms with Crippen molar-refractivity contribution in [3.8, 4) is 0 Å². The number of rotatable bonds is 4. The summed E-state index contributed by atoms with van der Waals surface area (Å²) in [6.45, 7) is 5.77. The Kier molecular flexibility index (Phi) is 6.87. The molecule has 1 heterocycles. The van der Waals surface area contributed by atoms with Crippen LogP contribution in [-0.4, -0.2) is 78.0 Å². The van der Waals surface area contributed by atoms with Crippen LogP contribution in [0.2, 0.25) is 0 Å². The third-order valence-corrected chi connectivity index (χ3v) is 4.88. The molecule has 0 aromatic carbocycles. The van der Waals surface area contributed by atoms with Crippen LogP contribution in [0.5, 0.6) is 0 Å². The van der Waals surface area contributed by atoms with E-state index in [9.17, 15) is 14.4 Å². The predicted octanol–water partition coefficient (Wildman–Crippen LogP) is 1.47. The fraction of sp³-hybridized carbons (Fsp3) is 0.824. The quantitative estimate of drug-likeness (QED) is 0.778. The topological polar surface area (TPSA) is 70.2 Å². The molecule has 0 spiro atoms. The SMILES string of the molecule is CCOC(=O)N1CCN(C(=O)CN(C(C)=O)C2CCCCC2)CC1. The second-order valence-corrected chi connectivity index (χ2v) is 6.51. The summed E-state index contributed by atoms with van der Waals surface area (Å²) in [5.41, 5.74) is 0. The van der Waals surface area contributed by atoms with Gasteiger partial charge in [0.25, 0.3) is 0 Å². The van der Waals surface area contributed by atoms with Crippen LogP contribution < -0.4 is 0 Å². The van der Waals surface area contributed by atoms with Crippen molar-refractivity contribution in [2.45, 2.75) is 52.0 Å². The number of amides is 3. The Hall–Kier alpha value is -1.79. The molecule has 1 aliphatic carbocycles. The summed E-state index contributed by atoms with van der Waals surface area (Å²) in [4.78, 5) is 41.3. The van der Waals surface area contributed by atoms with E-state index in [1.54, 1.807) is 28.5 Å². The second kappa shape index (κ2) is 8.89. The standard InChI is InChI=1S/C17H29N3O4/c1-3-24-17(23)19-11-9-18(10-12-19)16(22)13-20(14(2)21)15-7-5-4-6-8-15/h15H,3-13H2,1-2H3. The summed E-state index contributed by atoms with van der Waals surface area (Å²) in [6.07, 6.45) is 5.12. The summed E-state index contributed by atoms with van der Waals surface area (Å²) >= 11 is 0. The van der Waals surface area contributed by atoms with Crippen LogP contribution in [0.4, 0.5) is 4.79 Å². The maximum atomic E-state index is 12.6. The first-order valence-electron chi connectivity index (χ1n) is 8.99. The van der Waals surface area contributed by atoms with Crippen molar-refractivity contribution in [2.75, 3.05) is 39.3 Å². The Morgan fingerprint density at radius 2 is 1.58 bits per heavy atom. The lowest BCUT2D eigenvalue weighted by Crippen LogP contribution is -2.54. The van der Waals surface area contributed by atoms with Gasteiger partial charge in [-0.2, -0.15) is 0 Å². The largest absolute Gasteiger partial charge is 0.450 e. The molecule has 0 atom stereocenters. The minimum Gasteiger partial charge on any atom is -0.450 e. The van der Waals surface area contributed by atoms with E-state index in [4.69, 9.17) is 4.74 Å². The summed E-state index contributed by atoms with van der Waals surface area (Å²) in [5.74, 6) is -0.0558. The number of carbonyl (C=O) groups is 3. The van der Waals surface area contributed by atoms with Gasteiger partial charge >= 0.3 is 6.09 Å². The minimum absolute atomic E-state index is 0.0274. The van der Waals surface area contributed by atoms with Crippen molar-refractivity contribution in [1.82, 2.24) is 14.7 Å². The van der Waals surface area contributed by atoms with Crippen molar-refractivity contribution in [3.63, 3.8) is 0 Å². The van der Waals surface area contributed by atoms with Crippen molar-refractivity contribution in [1.29, 1.82) is 0 Å². The van der Waals surface area contributed by atoms with Crippen molar-refractivity contribution in [2.24, 2.45) is 0 Å². The van der Waals surface area contributed by atoms with Crippen LogP contribution in [-0.2, 0) is 14.3 Å². The maximum Gasteiger partial charge on any atom is 0.409 e. The number of carbonyl (C=O) groups excluding carboxylic acids is 3. The van der Waals surface area contributed by atoms with Crippen LogP contribution in [0, 0.1) is 0 Å². The zero-order chi connectivity index (χ0) is 17.5. The van der Waals surface area contributed by atoms with E-state index in [1.807, 2.05) is 0 Å². The number of hydrogen-bond donors (Lipinski definition) is 0. The molecule has 7 nitrogen and oxygen atoms in total. The minimum atomic E-state index is -0.322. The maximum absolute atomic E-state index is 12.6. The first-order chi connectivity index (χ1) is 11.5. The molecule has 1 aliphatic heterocycles. The zero-order valence-electron chi connectivity index (χ0n) is 14.8. The molecule has 7 heteroatoms. The molecule has 1 saturated heterocycles. The summed E-state index contributed by atoms with van der Waals surface area (Å²) < 4.78 is 4.98. The molecule has 3 amide bonds. The van der Waals surface area contributed by atoms with Crippen LogP contribution >= 0.6 is 0 Å². The van der Waals surface area contributed by atoms with Gasteiger partial charge in [0.05, 0.1) is 13.2 Å². The van der Waals surface area contributed by atoms with Gasteiger partial charge in [-0.25, -0.2) is 4.79 Å². The Balaban J connectivity index is 1.85. The number of hydrogen-bond acceptors (Lipinski definition) is 4. The number of piperazine rings is 1. The lowest BCUT2D eigenvalue weighted by molar-refractivity contribution is -0.142. The molecule has 2 rings (SSSR count). The molecule has 2 aliphatic rings. The van der Waals surface area contributed by atoms with Gasteiger partial charge in [-0.05, 0) is 19.8 Å². The fourth-order valence-corrected chi connectivity index (χ4v) is 3.49. The summed E-state index contributed by atoms with van der Waals surface area (Å²) in [5, 5.41) is 0. The van der Waals surface area contributed by atoms with E-state index < -0.39 is 0 Å². The normalized spacial score (nSPS) is 19.1. The van der Waals surface area contributed by atoms with E-state index in [0.717, 1.165) is 25.7 Å². The highest BCUT2D eigenvalue weighted by Gasteiger charge is 2.29. The Morgan fingerprint density at radius 3 is 2.12 bits per heavy atom. The third-order valence-electron chi connectivity index (χ3n) is 4.88. The van der Waals surface area contributed by atoms with Gasteiger partial charge in [-0.15, -0.1) is 0 Å². The molecular formula is C17H29N3O4. The predicted molar refractivity (Wildman–Crippen MR) is 89.4 cm³/mol. The Bertz CT molecular complexity index is 455. The lowest BCUT2D eigenvalue weighted by Gasteiger charge is -2.37. The molecule has 0 bridgehead atoms. The van der Waals surface area contributed by atoms with Gasteiger partial charge in [-0.1, -0.05) is 19.3 Å². The van der Waals surface area contributed by atoms with Crippen molar-refractivity contribution < 1.29 is 19.1 Å². The lowest BCUT2D eigenvalue weighted by atomic mass is 9.94. The van der Waals surface area contributed by atoms with Gasteiger partial charge in [0, 0.05) is 39.1 Å². The molecule has 0 N–H and O–H groups in total. The van der Waals surface area contributed by atoms with Crippen molar-refractivity contribution >= 4 is 17.9 Å². The van der Waals surface area contributed by atoms with Gasteiger partial charge in [0.15, 0.2) is 0 Å². The molecule has 136 valence electrons. The van der Waals surface area contributed by atoms with E-state index in [0.29, 0.717) is 32.8 Å².